The van der Waals surface area contributed by atoms with Crippen molar-refractivity contribution in [3.8, 4) is 0 Å². The second-order valence-corrected chi connectivity index (χ2v) is 4.55. The zero-order valence-electron chi connectivity index (χ0n) is 8.83. The largest absolute Gasteiger partial charge is 0.434 e. The minimum atomic E-state index is -4.64. The maximum atomic E-state index is 12.7. The highest BCUT2D eigenvalue weighted by Gasteiger charge is 2.36. The zero-order valence-corrected chi connectivity index (χ0v) is 11.0. The van der Waals surface area contributed by atoms with E-state index in [9.17, 15) is 18.0 Å². The van der Waals surface area contributed by atoms with Crippen molar-refractivity contribution in [2.75, 3.05) is 0 Å². The van der Waals surface area contributed by atoms with Crippen LogP contribution in [0.2, 0.25) is 0 Å². The Hall–Kier alpha value is -1.38. The second kappa shape index (κ2) is 4.38. The standard InChI is InChI=1S/C11H6F3IN2O/c1-2-6-3-4-17-7(5-6)16-9(11(12,13)14)8(15)10(17)18/h2-5H,1H2. The van der Waals surface area contributed by atoms with E-state index in [4.69, 9.17) is 0 Å². The van der Waals surface area contributed by atoms with Gasteiger partial charge in [0.1, 0.15) is 9.22 Å². The third kappa shape index (κ3) is 2.14. The van der Waals surface area contributed by atoms with Gasteiger partial charge in [-0.2, -0.15) is 13.2 Å². The maximum Gasteiger partial charge on any atom is 0.434 e. The van der Waals surface area contributed by atoms with Crippen molar-refractivity contribution in [3.05, 3.63) is 50.1 Å². The Morgan fingerprint density at radius 3 is 2.67 bits per heavy atom. The molecule has 18 heavy (non-hydrogen) atoms. The smallest absolute Gasteiger partial charge is 0.268 e. The molecule has 7 heteroatoms. The monoisotopic (exact) mass is 366 g/mol. The van der Waals surface area contributed by atoms with Gasteiger partial charge >= 0.3 is 6.18 Å². The van der Waals surface area contributed by atoms with E-state index >= 15 is 0 Å². The number of hydrogen-bond acceptors (Lipinski definition) is 2. The van der Waals surface area contributed by atoms with Crippen molar-refractivity contribution in [2.45, 2.75) is 6.18 Å². The molecule has 0 spiro atoms. The molecule has 0 aliphatic carbocycles. The lowest BCUT2D eigenvalue weighted by atomic mass is 10.2. The molecule has 2 heterocycles. The van der Waals surface area contributed by atoms with Gasteiger partial charge in [-0.05, 0) is 40.3 Å². The summed E-state index contributed by atoms with van der Waals surface area (Å²) in [5.74, 6) is 0. The Bertz CT molecular complexity index is 691. The Morgan fingerprint density at radius 2 is 2.11 bits per heavy atom. The molecule has 0 aromatic carbocycles. The lowest BCUT2D eigenvalue weighted by Crippen LogP contribution is -2.24. The lowest BCUT2D eigenvalue weighted by molar-refractivity contribution is -0.141. The first-order valence-corrected chi connectivity index (χ1v) is 5.84. The van der Waals surface area contributed by atoms with E-state index in [1.54, 1.807) is 6.07 Å². The summed E-state index contributed by atoms with van der Waals surface area (Å²) in [5, 5.41) is 0. The van der Waals surface area contributed by atoms with Gasteiger partial charge in [0.25, 0.3) is 5.56 Å². The summed E-state index contributed by atoms with van der Waals surface area (Å²) >= 11 is 1.36. The minimum absolute atomic E-state index is 0.0508. The van der Waals surface area contributed by atoms with Crippen molar-refractivity contribution >= 4 is 34.3 Å². The summed E-state index contributed by atoms with van der Waals surface area (Å²) in [6.45, 7) is 3.51. The van der Waals surface area contributed by atoms with E-state index in [-0.39, 0.29) is 5.65 Å². The van der Waals surface area contributed by atoms with Gasteiger partial charge in [0.15, 0.2) is 5.69 Å². The summed E-state index contributed by atoms with van der Waals surface area (Å²) in [5.41, 5.74) is -1.35. The summed E-state index contributed by atoms with van der Waals surface area (Å²) in [7, 11) is 0. The molecule has 0 aliphatic rings. The molecule has 3 nitrogen and oxygen atoms in total. The van der Waals surface area contributed by atoms with Crippen molar-refractivity contribution in [2.24, 2.45) is 0 Å². The molecule has 0 N–H and O–H groups in total. The molecule has 0 radical (unpaired) electrons. The summed E-state index contributed by atoms with van der Waals surface area (Å²) in [6, 6.07) is 2.95. The summed E-state index contributed by atoms with van der Waals surface area (Å²) in [6.07, 6.45) is -1.80. The fraction of sp³-hybridized carbons (Fsp3) is 0.0909. The maximum absolute atomic E-state index is 12.7. The van der Waals surface area contributed by atoms with E-state index in [0.717, 1.165) is 4.40 Å². The first-order chi connectivity index (χ1) is 8.34. The Balaban J connectivity index is 2.89. The van der Waals surface area contributed by atoms with Crippen LogP contribution in [0, 0.1) is 3.57 Å². The van der Waals surface area contributed by atoms with Crippen LogP contribution in [0.15, 0.2) is 29.7 Å². The van der Waals surface area contributed by atoms with Gasteiger partial charge in [0, 0.05) is 6.20 Å². The molecule has 0 aliphatic heterocycles. The molecule has 2 aromatic heterocycles. The van der Waals surface area contributed by atoms with Gasteiger partial charge in [-0.1, -0.05) is 12.7 Å². The molecular weight excluding hydrogens is 360 g/mol. The molecule has 2 aromatic rings. The number of hydrogen-bond donors (Lipinski definition) is 0. The fourth-order valence-corrected chi connectivity index (χ4v) is 2.13. The molecule has 2 rings (SSSR count). The van der Waals surface area contributed by atoms with Crippen molar-refractivity contribution in [3.63, 3.8) is 0 Å². The predicted molar refractivity (Wildman–Crippen MR) is 69.3 cm³/mol. The number of aromatic nitrogens is 2. The first-order valence-electron chi connectivity index (χ1n) is 4.76. The van der Waals surface area contributed by atoms with Crippen LogP contribution in [-0.4, -0.2) is 9.38 Å². The highest BCUT2D eigenvalue weighted by molar-refractivity contribution is 14.1. The Morgan fingerprint density at radius 1 is 1.44 bits per heavy atom. The zero-order chi connectivity index (χ0) is 13.5. The normalized spacial score (nSPS) is 11.8. The average molecular weight is 366 g/mol. The second-order valence-electron chi connectivity index (χ2n) is 3.47. The van der Waals surface area contributed by atoms with Crippen LogP contribution in [0.25, 0.3) is 11.7 Å². The molecule has 94 valence electrons. The van der Waals surface area contributed by atoms with Crippen LogP contribution in [-0.2, 0) is 6.18 Å². The van der Waals surface area contributed by atoms with Crippen LogP contribution in [0.3, 0.4) is 0 Å². The highest BCUT2D eigenvalue weighted by Crippen LogP contribution is 2.30. The van der Waals surface area contributed by atoms with Crippen LogP contribution >= 0.6 is 22.6 Å². The quantitative estimate of drug-likeness (QED) is 0.728. The topological polar surface area (TPSA) is 34.4 Å². The SMILES string of the molecule is C=Cc1ccn2c(=O)c(I)c(C(F)(F)F)nc2c1. The van der Waals surface area contributed by atoms with Crippen LogP contribution in [0.1, 0.15) is 11.3 Å². The average Bonchev–Trinajstić information content (AvgIpc) is 2.31. The van der Waals surface area contributed by atoms with E-state index in [1.807, 2.05) is 0 Å². The van der Waals surface area contributed by atoms with Gasteiger partial charge in [-0.25, -0.2) is 4.98 Å². The molecular formula is C11H6F3IN2O. The molecule has 0 saturated carbocycles. The lowest BCUT2D eigenvalue weighted by Gasteiger charge is -2.10. The van der Waals surface area contributed by atoms with Gasteiger partial charge in [0.05, 0.1) is 0 Å². The van der Waals surface area contributed by atoms with Crippen molar-refractivity contribution in [1.82, 2.24) is 9.38 Å². The van der Waals surface area contributed by atoms with Gasteiger partial charge < -0.3 is 0 Å². The van der Waals surface area contributed by atoms with Crippen LogP contribution in [0.5, 0.6) is 0 Å². The minimum Gasteiger partial charge on any atom is -0.268 e. The van der Waals surface area contributed by atoms with E-state index in [2.05, 4.69) is 11.6 Å². The van der Waals surface area contributed by atoms with Crippen molar-refractivity contribution < 1.29 is 13.2 Å². The molecule has 0 unspecified atom stereocenters. The van der Waals surface area contributed by atoms with E-state index < -0.39 is 21.0 Å². The van der Waals surface area contributed by atoms with E-state index in [0.29, 0.717) is 5.56 Å². The number of rotatable bonds is 1. The molecule has 0 bridgehead atoms. The number of alkyl halides is 3. The Kier molecular flexibility index (Phi) is 3.18. The van der Waals surface area contributed by atoms with Crippen molar-refractivity contribution in [1.29, 1.82) is 0 Å². The van der Waals surface area contributed by atoms with Gasteiger partial charge in [0.2, 0.25) is 0 Å². The van der Waals surface area contributed by atoms with Gasteiger partial charge in [-0.15, -0.1) is 0 Å². The molecule has 0 amide bonds. The molecule has 0 atom stereocenters. The summed E-state index contributed by atoms with van der Waals surface area (Å²) in [4.78, 5) is 15.3. The number of nitrogens with zero attached hydrogens (tertiary/aromatic N) is 2. The number of fused-ring (bicyclic) bond motifs is 1. The number of halogens is 4. The van der Waals surface area contributed by atoms with Crippen LogP contribution < -0.4 is 5.56 Å². The summed E-state index contributed by atoms with van der Waals surface area (Å²) < 4.78 is 38.7. The number of pyridine rings is 1. The van der Waals surface area contributed by atoms with Gasteiger partial charge in [-0.3, -0.25) is 9.20 Å². The highest BCUT2D eigenvalue weighted by atomic mass is 127. The van der Waals surface area contributed by atoms with Crippen LogP contribution in [0.4, 0.5) is 13.2 Å². The third-order valence-electron chi connectivity index (χ3n) is 2.30. The first kappa shape index (κ1) is 13.1. The molecule has 0 saturated heterocycles. The third-order valence-corrected chi connectivity index (χ3v) is 3.28. The van der Waals surface area contributed by atoms with E-state index in [1.165, 1.54) is 40.9 Å². The fourth-order valence-electron chi connectivity index (χ4n) is 1.45. The predicted octanol–water partition coefficient (Wildman–Crippen LogP) is 2.96. The molecule has 0 fully saturated rings. The Labute approximate surface area is 113 Å².